The van der Waals surface area contributed by atoms with Crippen LogP contribution in [0.1, 0.15) is 16.1 Å². The Morgan fingerprint density at radius 3 is 2.39 bits per heavy atom. The van der Waals surface area contributed by atoms with Crippen molar-refractivity contribution >= 4 is 51.1 Å². The molecule has 0 aliphatic carbocycles. The van der Waals surface area contributed by atoms with Gasteiger partial charge in [0.25, 0.3) is 5.76 Å². The molecule has 4 rings (SSSR count). The van der Waals surface area contributed by atoms with Crippen LogP contribution in [0.3, 0.4) is 0 Å². The largest absolute Gasteiger partial charge is 0.453 e. The minimum atomic E-state index is -5.04. The number of benzene rings is 3. The smallest absolute Gasteiger partial charge is 0.448 e. The average molecular weight is 587 g/mol. The molecule has 0 saturated carbocycles. The minimum absolute atomic E-state index is 0.0166. The third-order valence-corrected chi connectivity index (χ3v) is 5.69. The Morgan fingerprint density at radius 1 is 1.00 bits per heavy atom. The number of hydrogen-bond acceptors (Lipinski definition) is 5. The molecule has 1 aromatic heterocycles. The molecule has 0 unspecified atom stereocenters. The maximum Gasteiger partial charge on any atom is 0.453 e. The number of rotatable bonds is 4. The first-order valence-electron chi connectivity index (χ1n) is 9.22. The Bertz CT molecular complexity index is 1430. The molecule has 1 heterocycles. The van der Waals surface area contributed by atoms with E-state index in [0.29, 0.717) is 3.57 Å². The molecule has 0 radical (unpaired) electrons. The highest BCUT2D eigenvalue weighted by Gasteiger charge is 2.40. The normalized spacial score (nSPS) is 11.4. The lowest BCUT2D eigenvalue weighted by Crippen LogP contribution is -2.16. The van der Waals surface area contributed by atoms with E-state index in [1.54, 1.807) is 30.3 Å². The van der Waals surface area contributed by atoms with Crippen molar-refractivity contribution in [3.8, 4) is 17.2 Å². The molecule has 0 fully saturated rings. The van der Waals surface area contributed by atoms with E-state index in [1.807, 2.05) is 22.6 Å². The van der Waals surface area contributed by atoms with Crippen LogP contribution in [0.5, 0.6) is 17.2 Å². The van der Waals surface area contributed by atoms with Crippen LogP contribution >= 0.6 is 34.2 Å². The monoisotopic (exact) mass is 586 g/mol. The number of alkyl halides is 3. The molecule has 10 heteroatoms. The summed E-state index contributed by atoms with van der Waals surface area (Å²) in [6.07, 6.45) is -5.04. The molecule has 0 aliphatic rings. The van der Waals surface area contributed by atoms with Gasteiger partial charge in [-0.05, 0) is 59.0 Å². The molecule has 0 spiro atoms. The molecule has 0 N–H and O–H groups in total. The van der Waals surface area contributed by atoms with Gasteiger partial charge < -0.3 is 13.9 Å². The molecule has 3 aromatic carbocycles. The molecule has 0 atom stereocenters. The average Bonchev–Trinajstić information content (AvgIpc) is 2.76. The van der Waals surface area contributed by atoms with Crippen LogP contribution in [0, 0.1) is 3.57 Å². The summed E-state index contributed by atoms with van der Waals surface area (Å²) in [6, 6.07) is 15.9. The predicted octanol–water partition coefficient (Wildman–Crippen LogP) is 7.08. The fraction of sp³-hybridized carbons (Fsp3) is 0.0435. The maximum atomic E-state index is 13.7. The van der Waals surface area contributed by atoms with Crippen molar-refractivity contribution in [2.75, 3.05) is 0 Å². The highest BCUT2D eigenvalue weighted by atomic mass is 127. The number of hydrogen-bond donors (Lipinski definition) is 0. The third kappa shape index (κ3) is 4.83. The van der Waals surface area contributed by atoms with Crippen molar-refractivity contribution in [3.05, 3.63) is 96.9 Å². The van der Waals surface area contributed by atoms with E-state index in [9.17, 15) is 22.8 Å². The lowest BCUT2D eigenvalue weighted by atomic mass is 10.2. The van der Waals surface area contributed by atoms with Crippen LogP contribution in [-0.2, 0) is 6.18 Å². The second-order valence-corrected chi connectivity index (χ2v) is 8.22. The van der Waals surface area contributed by atoms with Crippen LogP contribution in [0.15, 0.2) is 75.9 Å². The fourth-order valence-electron chi connectivity index (χ4n) is 2.93. The van der Waals surface area contributed by atoms with Crippen LogP contribution in [0.2, 0.25) is 5.02 Å². The van der Waals surface area contributed by atoms with Gasteiger partial charge in [0.15, 0.2) is 0 Å². The third-order valence-electron chi connectivity index (χ3n) is 4.43. The number of carbonyl (C=O) groups is 1. The zero-order chi connectivity index (χ0) is 23.8. The lowest BCUT2D eigenvalue weighted by Gasteiger charge is -2.14. The molecule has 0 amide bonds. The van der Waals surface area contributed by atoms with Crippen molar-refractivity contribution in [2.45, 2.75) is 6.18 Å². The standard InChI is InChI=1S/C23H11ClF3IO5/c24-15-6-2-4-8-17(15)32-20-19(29)14-10-9-12(11-18(14)33-21(20)23(25,26)27)31-22(30)13-5-1-3-7-16(13)28/h1-11H. The zero-order valence-corrected chi connectivity index (χ0v) is 19.2. The van der Waals surface area contributed by atoms with Gasteiger partial charge >= 0.3 is 12.1 Å². The lowest BCUT2D eigenvalue weighted by molar-refractivity contribution is -0.154. The van der Waals surface area contributed by atoms with E-state index in [4.69, 9.17) is 25.5 Å². The van der Waals surface area contributed by atoms with Gasteiger partial charge in [-0.3, -0.25) is 4.79 Å². The zero-order valence-electron chi connectivity index (χ0n) is 16.3. The number of esters is 1. The second-order valence-electron chi connectivity index (χ2n) is 6.65. The van der Waals surface area contributed by atoms with Gasteiger partial charge in [-0.2, -0.15) is 13.2 Å². The van der Waals surface area contributed by atoms with Crippen molar-refractivity contribution < 1.29 is 31.9 Å². The summed E-state index contributed by atoms with van der Waals surface area (Å²) >= 11 is 7.91. The van der Waals surface area contributed by atoms with Crippen molar-refractivity contribution in [3.63, 3.8) is 0 Å². The number of halogens is 5. The van der Waals surface area contributed by atoms with Crippen molar-refractivity contribution in [1.82, 2.24) is 0 Å². The van der Waals surface area contributed by atoms with Gasteiger partial charge in [0.2, 0.25) is 11.2 Å². The van der Waals surface area contributed by atoms with Crippen LogP contribution < -0.4 is 14.9 Å². The summed E-state index contributed by atoms with van der Waals surface area (Å²) < 4.78 is 57.2. The first kappa shape index (κ1) is 23.1. The van der Waals surface area contributed by atoms with Gasteiger partial charge in [-0.15, -0.1) is 0 Å². The quantitative estimate of drug-likeness (QED) is 0.145. The Hall–Kier alpha value is -3.05. The Morgan fingerprint density at radius 2 is 1.70 bits per heavy atom. The SMILES string of the molecule is O=C(Oc1ccc2c(=O)c(Oc3ccccc3Cl)c(C(F)(F)F)oc2c1)c1ccccc1I. The van der Waals surface area contributed by atoms with Gasteiger partial charge in [-0.25, -0.2) is 4.79 Å². The fourth-order valence-corrected chi connectivity index (χ4v) is 3.71. The minimum Gasteiger partial charge on any atom is -0.448 e. The molecule has 5 nitrogen and oxygen atoms in total. The summed E-state index contributed by atoms with van der Waals surface area (Å²) in [7, 11) is 0. The second kappa shape index (κ2) is 9.06. The molecular formula is C23H11ClF3IO5. The molecule has 168 valence electrons. The first-order chi connectivity index (χ1) is 15.6. The summed E-state index contributed by atoms with van der Waals surface area (Å²) in [5.74, 6) is -3.63. The summed E-state index contributed by atoms with van der Waals surface area (Å²) in [5, 5.41) is -0.179. The summed E-state index contributed by atoms with van der Waals surface area (Å²) in [4.78, 5) is 25.3. The van der Waals surface area contributed by atoms with E-state index >= 15 is 0 Å². The number of fused-ring (bicyclic) bond motifs is 1. The summed E-state index contributed by atoms with van der Waals surface area (Å²) in [6.45, 7) is 0. The topological polar surface area (TPSA) is 65.7 Å². The van der Waals surface area contributed by atoms with E-state index in [2.05, 4.69) is 0 Å². The van der Waals surface area contributed by atoms with Gasteiger partial charge in [0.1, 0.15) is 17.1 Å². The maximum absolute atomic E-state index is 13.7. The highest BCUT2D eigenvalue weighted by Crippen LogP contribution is 2.39. The first-order valence-corrected chi connectivity index (χ1v) is 10.7. The van der Waals surface area contributed by atoms with Crippen LogP contribution in [-0.4, -0.2) is 5.97 Å². The molecule has 0 bridgehead atoms. The molecule has 33 heavy (non-hydrogen) atoms. The van der Waals surface area contributed by atoms with Crippen LogP contribution in [0.25, 0.3) is 11.0 Å². The predicted molar refractivity (Wildman–Crippen MR) is 123 cm³/mol. The number of ether oxygens (including phenoxy) is 2. The molecule has 0 aliphatic heterocycles. The van der Waals surface area contributed by atoms with E-state index < -0.39 is 34.7 Å². The Balaban J connectivity index is 1.78. The van der Waals surface area contributed by atoms with Crippen molar-refractivity contribution in [1.29, 1.82) is 0 Å². The number of carbonyl (C=O) groups excluding carboxylic acids is 1. The van der Waals surface area contributed by atoms with Gasteiger partial charge in [0.05, 0.1) is 16.0 Å². The Labute approximate surface area is 202 Å². The van der Waals surface area contributed by atoms with E-state index in [1.165, 1.54) is 30.3 Å². The Kier molecular flexibility index (Phi) is 6.35. The molecule has 4 aromatic rings. The van der Waals surface area contributed by atoms with E-state index in [-0.39, 0.29) is 27.5 Å². The number of para-hydroxylation sites is 1. The van der Waals surface area contributed by atoms with E-state index in [0.717, 1.165) is 6.07 Å². The summed E-state index contributed by atoms with van der Waals surface area (Å²) in [5.41, 5.74) is -1.20. The van der Waals surface area contributed by atoms with Crippen LogP contribution in [0.4, 0.5) is 13.2 Å². The molecular weight excluding hydrogens is 576 g/mol. The van der Waals surface area contributed by atoms with Crippen molar-refractivity contribution in [2.24, 2.45) is 0 Å². The highest BCUT2D eigenvalue weighted by molar-refractivity contribution is 14.1. The molecule has 0 saturated heterocycles. The van der Waals surface area contributed by atoms with Gasteiger partial charge in [0, 0.05) is 9.64 Å². The van der Waals surface area contributed by atoms with Gasteiger partial charge in [-0.1, -0.05) is 35.9 Å².